The molecule has 0 aliphatic heterocycles. The third-order valence-electron chi connectivity index (χ3n) is 3.15. The summed E-state index contributed by atoms with van der Waals surface area (Å²) in [6.07, 6.45) is 1.75. The van der Waals surface area contributed by atoms with Crippen LogP contribution in [0.5, 0.6) is 5.75 Å². The predicted molar refractivity (Wildman–Crippen MR) is 95.9 cm³/mol. The molecule has 2 aromatic rings. The Labute approximate surface area is 136 Å². The standard InChI is InChI=1S/C17H19N3OS/c1-12-8-9-14(13(2)10-12)11-18-20-17(22)19-15-6-4-5-7-16(15)21-3/h4-11H,1-3H3,(H2,19,20,22). The van der Waals surface area contributed by atoms with Crippen LogP contribution in [0.2, 0.25) is 0 Å². The molecular formula is C17H19N3OS. The van der Waals surface area contributed by atoms with Gasteiger partial charge in [0.1, 0.15) is 5.75 Å². The summed E-state index contributed by atoms with van der Waals surface area (Å²) in [4.78, 5) is 0. The molecule has 2 rings (SSSR count). The van der Waals surface area contributed by atoms with Gasteiger partial charge in [-0.05, 0) is 49.3 Å². The Balaban J connectivity index is 1.96. The molecule has 0 unspecified atom stereocenters. The number of anilines is 1. The van der Waals surface area contributed by atoms with Gasteiger partial charge in [-0.3, -0.25) is 5.43 Å². The van der Waals surface area contributed by atoms with Crippen molar-refractivity contribution in [3.8, 4) is 5.75 Å². The maximum absolute atomic E-state index is 5.26. The summed E-state index contributed by atoms with van der Waals surface area (Å²) in [5.41, 5.74) is 7.06. The van der Waals surface area contributed by atoms with Crippen molar-refractivity contribution in [2.24, 2.45) is 5.10 Å². The topological polar surface area (TPSA) is 45.6 Å². The van der Waals surface area contributed by atoms with Crippen molar-refractivity contribution in [1.29, 1.82) is 0 Å². The second-order valence-corrected chi connectivity index (χ2v) is 5.29. The van der Waals surface area contributed by atoms with Gasteiger partial charge in [0.15, 0.2) is 5.11 Å². The van der Waals surface area contributed by atoms with E-state index >= 15 is 0 Å². The van der Waals surface area contributed by atoms with Crippen molar-refractivity contribution in [1.82, 2.24) is 5.43 Å². The van der Waals surface area contributed by atoms with Gasteiger partial charge in [-0.15, -0.1) is 0 Å². The number of para-hydroxylation sites is 2. The molecule has 0 atom stereocenters. The van der Waals surface area contributed by atoms with Crippen LogP contribution >= 0.6 is 12.2 Å². The van der Waals surface area contributed by atoms with Crippen LogP contribution in [0.25, 0.3) is 0 Å². The van der Waals surface area contributed by atoms with E-state index in [2.05, 4.69) is 41.8 Å². The molecule has 0 aliphatic carbocycles. The van der Waals surface area contributed by atoms with E-state index in [1.165, 1.54) is 11.1 Å². The molecule has 114 valence electrons. The minimum absolute atomic E-state index is 0.408. The number of nitrogens with zero attached hydrogens (tertiary/aromatic N) is 1. The van der Waals surface area contributed by atoms with Gasteiger partial charge in [-0.1, -0.05) is 35.9 Å². The molecule has 0 fully saturated rings. The first-order valence-electron chi connectivity index (χ1n) is 6.90. The van der Waals surface area contributed by atoms with Gasteiger partial charge in [0.2, 0.25) is 0 Å². The van der Waals surface area contributed by atoms with Gasteiger partial charge < -0.3 is 10.1 Å². The fourth-order valence-corrected chi connectivity index (χ4v) is 2.19. The highest BCUT2D eigenvalue weighted by Gasteiger charge is 2.02. The lowest BCUT2D eigenvalue weighted by Crippen LogP contribution is -2.24. The number of nitrogens with one attached hydrogen (secondary N) is 2. The summed E-state index contributed by atoms with van der Waals surface area (Å²) in [5.74, 6) is 0.727. The Hall–Kier alpha value is -2.40. The van der Waals surface area contributed by atoms with Gasteiger partial charge in [-0.25, -0.2) is 0 Å². The van der Waals surface area contributed by atoms with Crippen LogP contribution in [0.4, 0.5) is 5.69 Å². The summed E-state index contributed by atoms with van der Waals surface area (Å²) < 4.78 is 5.26. The molecule has 0 aromatic heterocycles. The molecule has 0 heterocycles. The first kappa shape index (κ1) is 16.0. The smallest absolute Gasteiger partial charge is 0.191 e. The summed E-state index contributed by atoms with van der Waals surface area (Å²) in [5, 5.41) is 7.63. The Kier molecular flexibility index (Phi) is 5.49. The lowest BCUT2D eigenvalue weighted by molar-refractivity contribution is 0.417. The van der Waals surface area contributed by atoms with Crippen molar-refractivity contribution in [3.05, 3.63) is 59.2 Å². The van der Waals surface area contributed by atoms with Crippen molar-refractivity contribution < 1.29 is 4.74 Å². The number of hydrogen-bond acceptors (Lipinski definition) is 3. The Morgan fingerprint density at radius 1 is 1.18 bits per heavy atom. The van der Waals surface area contributed by atoms with E-state index in [1.807, 2.05) is 30.3 Å². The number of thiocarbonyl (C=S) groups is 1. The molecule has 22 heavy (non-hydrogen) atoms. The average molecular weight is 313 g/mol. The van der Waals surface area contributed by atoms with Crippen LogP contribution in [0.3, 0.4) is 0 Å². The van der Waals surface area contributed by atoms with Crippen LogP contribution in [0.15, 0.2) is 47.6 Å². The third-order valence-corrected chi connectivity index (χ3v) is 3.34. The van der Waals surface area contributed by atoms with E-state index in [-0.39, 0.29) is 0 Å². The Morgan fingerprint density at radius 3 is 2.68 bits per heavy atom. The number of methoxy groups -OCH3 is 1. The highest BCUT2D eigenvalue weighted by atomic mass is 32.1. The Morgan fingerprint density at radius 2 is 1.95 bits per heavy atom. The summed E-state index contributed by atoms with van der Waals surface area (Å²) in [7, 11) is 1.62. The molecule has 2 aromatic carbocycles. The van der Waals surface area contributed by atoms with E-state index < -0.39 is 0 Å². The monoisotopic (exact) mass is 313 g/mol. The fourth-order valence-electron chi connectivity index (χ4n) is 2.03. The third kappa shape index (κ3) is 4.30. The highest BCUT2D eigenvalue weighted by Crippen LogP contribution is 2.22. The molecule has 0 spiro atoms. The lowest BCUT2D eigenvalue weighted by atomic mass is 10.1. The van der Waals surface area contributed by atoms with Crippen molar-refractivity contribution in [2.45, 2.75) is 13.8 Å². The van der Waals surface area contributed by atoms with Gasteiger partial charge in [-0.2, -0.15) is 5.10 Å². The van der Waals surface area contributed by atoms with E-state index in [0.29, 0.717) is 5.11 Å². The van der Waals surface area contributed by atoms with Crippen LogP contribution in [0.1, 0.15) is 16.7 Å². The van der Waals surface area contributed by atoms with Crippen molar-refractivity contribution in [2.75, 3.05) is 12.4 Å². The second kappa shape index (κ2) is 7.56. The second-order valence-electron chi connectivity index (χ2n) is 4.88. The van der Waals surface area contributed by atoms with Crippen LogP contribution in [-0.4, -0.2) is 18.4 Å². The summed E-state index contributed by atoms with van der Waals surface area (Å²) >= 11 is 5.22. The molecule has 5 heteroatoms. The predicted octanol–water partition coefficient (Wildman–Crippen LogP) is 3.63. The molecular weight excluding hydrogens is 294 g/mol. The lowest BCUT2D eigenvalue weighted by Gasteiger charge is -2.10. The van der Waals surface area contributed by atoms with Crippen molar-refractivity contribution in [3.63, 3.8) is 0 Å². The zero-order valence-electron chi connectivity index (χ0n) is 12.9. The van der Waals surface area contributed by atoms with Gasteiger partial charge in [0.25, 0.3) is 0 Å². The number of ether oxygens (including phenoxy) is 1. The minimum atomic E-state index is 0.408. The normalized spacial score (nSPS) is 10.5. The highest BCUT2D eigenvalue weighted by molar-refractivity contribution is 7.80. The molecule has 0 aliphatic rings. The number of hydrogen-bond donors (Lipinski definition) is 2. The average Bonchev–Trinajstić information content (AvgIpc) is 2.50. The molecule has 4 nitrogen and oxygen atoms in total. The maximum atomic E-state index is 5.26. The SMILES string of the molecule is COc1ccccc1NC(=S)NN=Cc1ccc(C)cc1C. The van der Waals surface area contributed by atoms with Crippen molar-refractivity contribution >= 4 is 29.2 Å². The first-order valence-corrected chi connectivity index (χ1v) is 7.31. The number of rotatable bonds is 4. The summed E-state index contributed by atoms with van der Waals surface area (Å²) in [6.45, 7) is 4.12. The largest absolute Gasteiger partial charge is 0.495 e. The zero-order chi connectivity index (χ0) is 15.9. The van der Waals surface area contributed by atoms with Gasteiger partial charge >= 0.3 is 0 Å². The van der Waals surface area contributed by atoms with Crippen LogP contribution in [0, 0.1) is 13.8 Å². The van der Waals surface area contributed by atoms with E-state index in [4.69, 9.17) is 17.0 Å². The van der Waals surface area contributed by atoms with Crippen LogP contribution < -0.4 is 15.5 Å². The Bertz CT molecular complexity index is 698. The van der Waals surface area contributed by atoms with E-state index in [9.17, 15) is 0 Å². The number of hydrazone groups is 1. The maximum Gasteiger partial charge on any atom is 0.191 e. The van der Waals surface area contributed by atoms with Crippen LogP contribution in [-0.2, 0) is 0 Å². The van der Waals surface area contributed by atoms with Gasteiger partial charge in [0, 0.05) is 0 Å². The first-order chi connectivity index (χ1) is 10.6. The van der Waals surface area contributed by atoms with E-state index in [1.54, 1.807) is 13.3 Å². The molecule has 0 amide bonds. The zero-order valence-corrected chi connectivity index (χ0v) is 13.7. The molecule has 2 N–H and O–H groups in total. The molecule has 0 saturated heterocycles. The number of aryl methyl sites for hydroxylation is 2. The van der Waals surface area contributed by atoms with Gasteiger partial charge in [0.05, 0.1) is 19.0 Å². The van der Waals surface area contributed by atoms with E-state index in [0.717, 1.165) is 17.0 Å². The molecule has 0 saturated carbocycles. The minimum Gasteiger partial charge on any atom is -0.495 e. The fraction of sp³-hybridized carbons (Fsp3) is 0.176. The molecule has 0 radical (unpaired) electrons. The number of benzene rings is 2. The quantitative estimate of drug-likeness (QED) is 0.514. The summed E-state index contributed by atoms with van der Waals surface area (Å²) in [6, 6.07) is 13.8. The molecule has 0 bridgehead atoms.